The van der Waals surface area contributed by atoms with Gasteiger partial charge >= 0.3 is 0 Å². The predicted octanol–water partition coefficient (Wildman–Crippen LogP) is 3.70. The first-order valence-corrected chi connectivity index (χ1v) is 8.91. The maximum absolute atomic E-state index is 9.78. The van der Waals surface area contributed by atoms with E-state index in [4.69, 9.17) is 5.10 Å². The van der Waals surface area contributed by atoms with Crippen molar-refractivity contribution in [1.29, 1.82) is 0 Å². The van der Waals surface area contributed by atoms with Crippen molar-refractivity contribution in [3.63, 3.8) is 0 Å². The van der Waals surface area contributed by atoms with Crippen LogP contribution < -0.4 is 0 Å². The summed E-state index contributed by atoms with van der Waals surface area (Å²) in [4.78, 5) is 0. The van der Waals surface area contributed by atoms with E-state index in [0.717, 1.165) is 18.3 Å². The molecule has 120 valence electrons. The van der Waals surface area contributed by atoms with Gasteiger partial charge in [0.25, 0.3) is 0 Å². The van der Waals surface area contributed by atoms with E-state index in [2.05, 4.69) is 19.2 Å². The molecule has 3 heteroatoms. The molecule has 3 aliphatic carbocycles. The lowest BCUT2D eigenvalue weighted by atomic mass is 9.55. The van der Waals surface area contributed by atoms with Gasteiger partial charge in [-0.05, 0) is 78.7 Å². The van der Waals surface area contributed by atoms with Crippen molar-refractivity contribution in [3.8, 4) is 5.75 Å². The summed E-state index contributed by atoms with van der Waals surface area (Å²) in [7, 11) is 2.05. The average Bonchev–Trinajstić information content (AvgIpc) is 3.02. The summed E-state index contributed by atoms with van der Waals surface area (Å²) in [5.41, 5.74) is 6.01. The maximum atomic E-state index is 9.78. The van der Waals surface area contributed by atoms with Gasteiger partial charge in [-0.25, -0.2) is 0 Å². The summed E-state index contributed by atoms with van der Waals surface area (Å²) in [6, 6.07) is 6.05. The number of benzene rings is 1. The van der Waals surface area contributed by atoms with Crippen LogP contribution in [0.3, 0.4) is 0 Å². The van der Waals surface area contributed by atoms with E-state index in [9.17, 15) is 5.11 Å². The van der Waals surface area contributed by atoms with Crippen molar-refractivity contribution in [1.82, 2.24) is 9.78 Å². The van der Waals surface area contributed by atoms with Gasteiger partial charge in [0.2, 0.25) is 0 Å². The van der Waals surface area contributed by atoms with Gasteiger partial charge in [-0.15, -0.1) is 0 Å². The van der Waals surface area contributed by atoms with Gasteiger partial charge in [0.15, 0.2) is 0 Å². The quantitative estimate of drug-likeness (QED) is 0.806. The first-order chi connectivity index (χ1) is 11.1. The fraction of sp³-hybridized carbons (Fsp3) is 0.550. The number of nitrogens with zero attached hydrogens (tertiary/aromatic N) is 2. The van der Waals surface area contributed by atoms with Crippen LogP contribution in [0.2, 0.25) is 0 Å². The molecule has 3 aliphatic rings. The molecule has 1 N–H and O–H groups in total. The van der Waals surface area contributed by atoms with E-state index in [1.54, 1.807) is 0 Å². The molecule has 0 saturated heterocycles. The Labute approximate surface area is 137 Å². The Hall–Kier alpha value is -1.77. The fourth-order valence-corrected chi connectivity index (χ4v) is 5.96. The van der Waals surface area contributed by atoms with Gasteiger partial charge in [-0.1, -0.05) is 13.0 Å². The lowest BCUT2D eigenvalue weighted by molar-refractivity contribution is 0.102. The molecule has 1 saturated carbocycles. The normalized spacial score (nSPS) is 34.4. The minimum atomic E-state index is 0.270. The van der Waals surface area contributed by atoms with Gasteiger partial charge in [-0.2, -0.15) is 5.10 Å². The molecule has 23 heavy (non-hydrogen) atoms. The van der Waals surface area contributed by atoms with Crippen LogP contribution in [0.5, 0.6) is 5.75 Å². The van der Waals surface area contributed by atoms with E-state index >= 15 is 0 Å². The number of aryl methyl sites for hydroxylation is 2. The topological polar surface area (TPSA) is 38.0 Å². The number of fused-ring (bicyclic) bond motifs is 7. The molecule has 0 aliphatic heterocycles. The van der Waals surface area contributed by atoms with Crippen LogP contribution in [0.15, 0.2) is 24.4 Å². The molecule has 1 aromatic heterocycles. The summed E-state index contributed by atoms with van der Waals surface area (Å²) in [5.74, 6) is 2.60. The molecule has 3 unspecified atom stereocenters. The van der Waals surface area contributed by atoms with E-state index in [0.29, 0.717) is 11.7 Å². The monoisotopic (exact) mass is 308 g/mol. The number of hydrogen-bond donors (Lipinski definition) is 1. The first-order valence-electron chi connectivity index (χ1n) is 8.91. The highest BCUT2D eigenvalue weighted by atomic mass is 16.3. The number of phenolic OH excluding ortho intramolecular Hbond substituents is 1. The smallest absolute Gasteiger partial charge is 0.115 e. The molecular formula is C20H24N2O. The van der Waals surface area contributed by atoms with Gasteiger partial charge in [0.05, 0.1) is 5.69 Å². The van der Waals surface area contributed by atoms with Crippen molar-refractivity contribution >= 4 is 0 Å². The van der Waals surface area contributed by atoms with Gasteiger partial charge in [-0.3, -0.25) is 4.68 Å². The molecule has 0 radical (unpaired) electrons. The molecule has 0 spiro atoms. The fourth-order valence-electron chi connectivity index (χ4n) is 5.96. The van der Waals surface area contributed by atoms with E-state index in [-0.39, 0.29) is 5.41 Å². The molecule has 1 aromatic carbocycles. The van der Waals surface area contributed by atoms with Crippen molar-refractivity contribution in [2.45, 2.75) is 50.4 Å². The summed E-state index contributed by atoms with van der Waals surface area (Å²) >= 11 is 0. The van der Waals surface area contributed by atoms with Crippen LogP contribution in [0.4, 0.5) is 0 Å². The van der Waals surface area contributed by atoms with Gasteiger partial charge in [0.1, 0.15) is 5.75 Å². The third kappa shape index (κ3) is 1.74. The van der Waals surface area contributed by atoms with Crippen LogP contribution in [-0.4, -0.2) is 14.9 Å². The first kappa shape index (κ1) is 13.6. The lowest BCUT2D eigenvalue weighted by Crippen LogP contribution is -2.43. The summed E-state index contributed by atoms with van der Waals surface area (Å²) in [5, 5.41) is 14.6. The van der Waals surface area contributed by atoms with E-state index in [1.807, 2.05) is 23.9 Å². The third-order valence-electron chi connectivity index (χ3n) is 6.99. The number of aromatic nitrogens is 2. The molecule has 2 aromatic rings. The second-order valence-electron chi connectivity index (χ2n) is 8.14. The molecule has 4 atom stereocenters. The predicted molar refractivity (Wildman–Crippen MR) is 89.6 cm³/mol. The highest BCUT2D eigenvalue weighted by molar-refractivity contribution is 5.42. The van der Waals surface area contributed by atoms with E-state index < -0.39 is 0 Å². The highest BCUT2D eigenvalue weighted by Gasteiger charge is 2.54. The largest absolute Gasteiger partial charge is 0.508 e. The van der Waals surface area contributed by atoms with E-state index in [1.165, 1.54) is 48.1 Å². The Balaban J connectivity index is 1.55. The molecule has 1 fully saturated rings. The number of aromatic hydroxyl groups is 1. The molecule has 0 bridgehead atoms. The Bertz CT molecular complexity index is 793. The highest BCUT2D eigenvalue weighted by Crippen LogP contribution is 2.59. The van der Waals surface area contributed by atoms with Crippen molar-refractivity contribution < 1.29 is 5.11 Å². The standard InChI is InChI=1S/C20H24N2O/c1-20-8-7-16-15-6-4-14(23)9-12(15)3-5-17(16)18(20)10-13-11-22(2)21-19(13)20/h4,6,9,11,16-18,23H,3,5,7-8,10H2,1-2H3/t16?,17?,18?,20-/m0/s1. The Morgan fingerprint density at radius 1 is 1.26 bits per heavy atom. The Morgan fingerprint density at radius 2 is 2.13 bits per heavy atom. The zero-order valence-electron chi connectivity index (χ0n) is 13.9. The van der Waals surface area contributed by atoms with Gasteiger partial charge < -0.3 is 5.11 Å². The zero-order chi connectivity index (χ0) is 15.8. The summed E-state index contributed by atoms with van der Waals surface area (Å²) < 4.78 is 2.00. The average molecular weight is 308 g/mol. The van der Waals surface area contributed by atoms with Crippen LogP contribution >= 0.6 is 0 Å². The van der Waals surface area contributed by atoms with Crippen LogP contribution in [-0.2, 0) is 25.3 Å². The Morgan fingerprint density at radius 3 is 3.00 bits per heavy atom. The molecule has 1 heterocycles. The molecule has 5 rings (SSSR count). The molecule has 0 amide bonds. The number of hydrogen-bond acceptors (Lipinski definition) is 2. The lowest BCUT2D eigenvalue weighted by Gasteiger charge is -2.49. The minimum absolute atomic E-state index is 0.270. The van der Waals surface area contributed by atoms with Crippen molar-refractivity contribution in [2.75, 3.05) is 0 Å². The van der Waals surface area contributed by atoms with Crippen LogP contribution in [0.1, 0.15) is 54.5 Å². The second kappa shape index (κ2) is 4.40. The number of phenols is 1. The SMILES string of the molecule is Cn1cc2c(n1)[C@@]1(C)CCC3c4ccc(O)cc4CCC3C1C2. The Kier molecular flexibility index (Phi) is 2.61. The zero-order valence-corrected chi connectivity index (χ0v) is 13.9. The van der Waals surface area contributed by atoms with Crippen molar-refractivity contribution in [2.24, 2.45) is 18.9 Å². The third-order valence-corrected chi connectivity index (χ3v) is 6.99. The number of rotatable bonds is 0. The molecular weight excluding hydrogens is 284 g/mol. The second-order valence-corrected chi connectivity index (χ2v) is 8.14. The van der Waals surface area contributed by atoms with Crippen molar-refractivity contribution in [3.05, 3.63) is 46.8 Å². The van der Waals surface area contributed by atoms with Crippen LogP contribution in [0, 0.1) is 11.8 Å². The van der Waals surface area contributed by atoms with Crippen LogP contribution in [0.25, 0.3) is 0 Å². The summed E-state index contributed by atoms with van der Waals surface area (Å²) in [6.07, 6.45) is 8.31. The maximum Gasteiger partial charge on any atom is 0.115 e. The minimum Gasteiger partial charge on any atom is -0.508 e. The molecule has 3 nitrogen and oxygen atoms in total. The van der Waals surface area contributed by atoms with Gasteiger partial charge in [0, 0.05) is 18.7 Å². The summed E-state index contributed by atoms with van der Waals surface area (Å²) in [6.45, 7) is 2.46.